The predicted octanol–water partition coefficient (Wildman–Crippen LogP) is 3.53. The molecule has 0 aliphatic carbocycles. The molecule has 2 nitrogen and oxygen atoms in total. The Morgan fingerprint density at radius 2 is 2.05 bits per heavy atom. The van der Waals surface area contributed by atoms with Gasteiger partial charge in [0, 0.05) is 23.5 Å². The van der Waals surface area contributed by atoms with Gasteiger partial charge in [-0.15, -0.1) is 0 Å². The molecule has 0 spiro atoms. The van der Waals surface area contributed by atoms with E-state index < -0.39 is 0 Å². The Morgan fingerprint density at radius 3 is 2.58 bits per heavy atom. The topological polar surface area (TPSA) is 21.3 Å². The van der Waals surface area contributed by atoms with Gasteiger partial charge in [-0.1, -0.05) is 29.8 Å². The first kappa shape index (κ1) is 13.4. The molecule has 0 amide bonds. The predicted molar refractivity (Wildman–Crippen MR) is 78.8 cm³/mol. The summed E-state index contributed by atoms with van der Waals surface area (Å²) in [6.07, 6.45) is 3.77. The Bertz CT molecular complexity index is 468. The molecule has 0 radical (unpaired) electrons. The quantitative estimate of drug-likeness (QED) is 0.914. The minimum Gasteiger partial charge on any atom is -0.372 e. The van der Waals surface area contributed by atoms with Gasteiger partial charge < -0.3 is 10.1 Å². The third-order valence-corrected chi connectivity index (χ3v) is 4.87. The summed E-state index contributed by atoms with van der Waals surface area (Å²) in [5.41, 5.74) is 1.50. The number of ether oxygens (including phenoxy) is 1. The van der Waals surface area contributed by atoms with Gasteiger partial charge >= 0.3 is 0 Å². The number of rotatable bonds is 3. The summed E-state index contributed by atoms with van der Waals surface area (Å²) in [4.78, 5) is 0. The third kappa shape index (κ3) is 2.54. The van der Waals surface area contributed by atoms with Gasteiger partial charge in [0.1, 0.15) is 0 Å². The van der Waals surface area contributed by atoms with Crippen LogP contribution in [0.5, 0.6) is 0 Å². The second-order valence-electron chi connectivity index (χ2n) is 6.61. The van der Waals surface area contributed by atoms with Gasteiger partial charge in [0.15, 0.2) is 0 Å². The fourth-order valence-electron chi connectivity index (χ4n) is 3.42. The number of hydrogen-bond donors (Lipinski definition) is 1. The summed E-state index contributed by atoms with van der Waals surface area (Å²) in [7, 11) is 0. The molecule has 2 heterocycles. The molecule has 1 unspecified atom stereocenters. The Kier molecular flexibility index (Phi) is 3.36. The van der Waals surface area contributed by atoms with Crippen LogP contribution in [0.3, 0.4) is 0 Å². The van der Waals surface area contributed by atoms with Crippen molar-refractivity contribution in [3.63, 3.8) is 0 Å². The molecule has 0 saturated carbocycles. The van der Waals surface area contributed by atoms with Crippen molar-refractivity contribution in [1.82, 2.24) is 5.32 Å². The average molecular weight is 280 g/mol. The van der Waals surface area contributed by atoms with Crippen molar-refractivity contribution >= 4 is 11.6 Å². The lowest BCUT2D eigenvalue weighted by atomic mass is 9.71. The summed E-state index contributed by atoms with van der Waals surface area (Å²) in [5.74, 6) is 0. The van der Waals surface area contributed by atoms with Gasteiger partial charge in [-0.05, 0) is 44.7 Å². The lowest BCUT2D eigenvalue weighted by Gasteiger charge is -2.45. The van der Waals surface area contributed by atoms with Gasteiger partial charge in [0.05, 0.1) is 11.7 Å². The van der Waals surface area contributed by atoms with Crippen LogP contribution in [0.4, 0.5) is 0 Å². The van der Waals surface area contributed by atoms with Crippen LogP contribution < -0.4 is 5.32 Å². The van der Waals surface area contributed by atoms with E-state index in [0.29, 0.717) is 6.10 Å². The van der Waals surface area contributed by atoms with Crippen LogP contribution in [-0.2, 0) is 10.2 Å². The summed E-state index contributed by atoms with van der Waals surface area (Å²) < 4.78 is 6.17. The summed E-state index contributed by atoms with van der Waals surface area (Å²) >= 11 is 6.39. The van der Waals surface area contributed by atoms with Crippen molar-refractivity contribution in [2.75, 3.05) is 13.1 Å². The van der Waals surface area contributed by atoms with E-state index >= 15 is 0 Å². The maximum atomic E-state index is 6.39. The second-order valence-corrected chi connectivity index (χ2v) is 7.01. The van der Waals surface area contributed by atoms with Crippen LogP contribution in [0, 0.1) is 0 Å². The minimum atomic E-state index is 0.0452. The van der Waals surface area contributed by atoms with E-state index in [1.54, 1.807) is 0 Å². The first-order chi connectivity index (χ1) is 9.01. The lowest BCUT2D eigenvalue weighted by Crippen LogP contribution is -2.58. The first-order valence-electron chi connectivity index (χ1n) is 7.14. The molecular weight excluding hydrogens is 258 g/mol. The van der Waals surface area contributed by atoms with E-state index in [9.17, 15) is 0 Å². The van der Waals surface area contributed by atoms with Crippen molar-refractivity contribution in [3.05, 3.63) is 34.9 Å². The van der Waals surface area contributed by atoms with Crippen LogP contribution in [0.25, 0.3) is 0 Å². The fraction of sp³-hybridized carbons (Fsp3) is 0.625. The van der Waals surface area contributed by atoms with Gasteiger partial charge in [-0.2, -0.15) is 0 Å². The molecule has 104 valence electrons. The normalized spacial score (nSPS) is 28.1. The number of halogens is 1. The molecular formula is C16H22ClNO. The molecule has 2 fully saturated rings. The Morgan fingerprint density at radius 1 is 1.32 bits per heavy atom. The van der Waals surface area contributed by atoms with E-state index in [1.807, 2.05) is 12.1 Å². The summed E-state index contributed by atoms with van der Waals surface area (Å²) in [6.45, 7) is 6.40. The SMILES string of the molecule is CC1(C)CCC(CC2(c3ccccc3Cl)CNC2)O1. The van der Waals surface area contributed by atoms with Gasteiger partial charge in [-0.25, -0.2) is 0 Å². The fourth-order valence-corrected chi connectivity index (χ4v) is 3.76. The van der Waals surface area contributed by atoms with E-state index in [1.165, 1.54) is 12.0 Å². The molecule has 1 aromatic rings. The zero-order valence-electron chi connectivity index (χ0n) is 11.7. The van der Waals surface area contributed by atoms with Gasteiger partial charge in [-0.3, -0.25) is 0 Å². The molecule has 19 heavy (non-hydrogen) atoms. The summed E-state index contributed by atoms with van der Waals surface area (Å²) in [6, 6.07) is 8.25. The van der Waals surface area contributed by atoms with Crippen LogP contribution >= 0.6 is 11.6 Å². The van der Waals surface area contributed by atoms with Crippen molar-refractivity contribution in [2.45, 2.75) is 50.2 Å². The Balaban J connectivity index is 1.79. The van der Waals surface area contributed by atoms with Crippen molar-refractivity contribution in [1.29, 1.82) is 0 Å². The summed E-state index contributed by atoms with van der Waals surface area (Å²) in [5, 5.41) is 4.30. The van der Waals surface area contributed by atoms with Crippen LogP contribution in [0.15, 0.2) is 24.3 Å². The zero-order chi connectivity index (χ0) is 13.5. The molecule has 0 bridgehead atoms. The van der Waals surface area contributed by atoms with Crippen molar-refractivity contribution < 1.29 is 4.74 Å². The minimum absolute atomic E-state index is 0.0452. The highest BCUT2D eigenvalue weighted by Crippen LogP contribution is 2.42. The van der Waals surface area contributed by atoms with Crippen molar-refractivity contribution in [2.24, 2.45) is 0 Å². The first-order valence-corrected chi connectivity index (χ1v) is 7.52. The van der Waals surface area contributed by atoms with Gasteiger partial charge in [0.2, 0.25) is 0 Å². The zero-order valence-corrected chi connectivity index (χ0v) is 12.5. The maximum absolute atomic E-state index is 6.39. The largest absolute Gasteiger partial charge is 0.372 e. The lowest BCUT2D eigenvalue weighted by molar-refractivity contribution is -0.0318. The number of benzene rings is 1. The van der Waals surface area contributed by atoms with E-state index in [2.05, 4.69) is 31.3 Å². The van der Waals surface area contributed by atoms with Gasteiger partial charge in [0.25, 0.3) is 0 Å². The molecule has 2 saturated heterocycles. The van der Waals surface area contributed by atoms with E-state index in [0.717, 1.165) is 31.0 Å². The molecule has 2 aliphatic rings. The highest BCUT2D eigenvalue weighted by Gasteiger charge is 2.44. The van der Waals surface area contributed by atoms with Crippen LogP contribution in [0.1, 0.15) is 38.7 Å². The molecule has 1 atom stereocenters. The molecule has 3 rings (SSSR count). The number of hydrogen-bond acceptors (Lipinski definition) is 2. The van der Waals surface area contributed by atoms with Crippen LogP contribution in [0.2, 0.25) is 5.02 Å². The monoisotopic (exact) mass is 279 g/mol. The Hall–Kier alpha value is -0.570. The standard InChI is InChI=1S/C16H22ClNO/c1-15(2)8-7-12(19-15)9-16(10-18-11-16)13-5-3-4-6-14(13)17/h3-6,12,18H,7-11H2,1-2H3. The third-order valence-electron chi connectivity index (χ3n) is 4.54. The molecule has 1 N–H and O–H groups in total. The molecule has 3 heteroatoms. The Labute approximate surface area is 120 Å². The highest BCUT2D eigenvalue weighted by atomic mass is 35.5. The molecule has 2 aliphatic heterocycles. The van der Waals surface area contributed by atoms with Crippen LogP contribution in [-0.4, -0.2) is 24.8 Å². The highest BCUT2D eigenvalue weighted by molar-refractivity contribution is 6.31. The molecule has 1 aromatic carbocycles. The smallest absolute Gasteiger partial charge is 0.0631 e. The average Bonchev–Trinajstić information content (AvgIpc) is 2.64. The number of nitrogens with one attached hydrogen (secondary N) is 1. The second kappa shape index (κ2) is 4.76. The molecule has 0 aromatic heterocycles. The van der Waals surface area contributed by atoms with E-state index in [-0.39, 0.29) is 11.0 Å². The maximum Gasteiger partial charge on any atom is 0.0631 e. The van der Waals surface area contributed by atoms with E-state index in [4.69, 9.17) is 16.3 Å². The van der Waals surface area contributed by atoms with Crippen molar-refractivity contribution in [3.8, 4) is 0 Å².